The summed E-state index contributed by atoms with van der Waals surface area (Å²) in [6.45, 7) is 8.62. The number of thiazole rings is 1. The van der Waals surface area contributed by atoms with Gasteiger partial charge in [-0.05, 0) is 34.4 Å². The molecule has 136 valence electrons. The maximum atomic E-state index is 12.7. The van der Waals surface area contributed by atoms with Crippen molar-refractivity contribution in [2.45, 2.75) is 46.0 Å². The van der Waals surface area contributed by atoms with Gasteiger partial charge in [0.1, 0.15) is 5.01 Å². The molecule has 0 spiro atoms. The second kappa shape index (κ2) is 8.14. The van der Waals surface area contributed by atoms with Crippen LogP contribution in [-0.4, -0.2) is 10.9 Å². The number of rotatable bonds is 6. The van der Waals surface area contributed by atoms with Crippen molar-refractivity contribution >= 4 is 34.3 Å². The van der Waals surface area contributed by atoms with Gasteiger partial charge in [0.05, 0.1) is 12.1 Å². The number of nitrogens with zero attached hydrogens (tertiary/aromatic N) is 1. The molecule has 0 bridgehead atoms. The molecule has 0 aliphatic carbocycles. The second-order valence-electron chi connectivity index (χ2n) is 7.00. The lowest BCUT2D eigenvalue weighted by molar-refractivity contribution is -0.115. The molecule has 0 atom stereocenters. The van der Waals surface area contributed by atoms with Gasteiger partial charge in [-0.1, -0.05) is 45.9 Å². The Kier molecular flexibility index (Phi) is 5.89. The predicted octanol–water partition coefficient (Wildman–Crippen LogP) is 6.30. The predicted molar refractivity (Wildman–Crippen MR) is 112 cm³/mol. The maximum absolute atomic E-state index is 12.7. The zero-order valence-corrected chi connectivity index (χ0v) is 17.2. The summed E-state index contributed by atoms with van der Waals surface area (Å²) in [4.78, 5) is 17.3. The highest BCUT2D eigenvalue weighted by molar-refractivity contribution is 7.14. The molecule has 1 aromatic carbocycles. The summed E-state index contributed by atoms with van der Waals surface area (Å²) < 4.78 is 0. The third-order valence-electron chi connectivity index (χ3n) is 4.30. The number of amides is 1. The van der Waals surface area contributed by atoms with Gasteiger partial charge in [-0.3, -0.25) is 4.79 Å². The van der Waals surface area contributed by atoms with Gasteiger partial charge in [0.25, 0.3) is 0 Å². The van der Waals surface area contributed by atoms with E-state index in [0.29, 0.717) is 18.3 Å². The molecule has 5 heteroatoms. The molecule has 1 N–H and O–H groups in total. The fourth-order valence-electron chi connectivity index (χ4n) is 2.95. The van der Waals surface area contributed by atoms with Gasteiger partial charge in [0.2, 0.25) is 5.91 Å². The van der Waals surface area contributed by atoms with Crippen LogP contribution < -0.4 is 5.32 Å². The molecular weight excluding hydrogens is 360 g/mol. The van der Waals surface area contributed by atoms with Gasteiger partial charge in [-0.15, -0.1) is 11.3 Å². The van der Waals surface area contributed by atoms with E-state index in [4.69, 9.17) is 0 Å². The lowest BCUT2D eigenvalue weighted by Crippen LogP contribution is -2.18. The standard InChI is InChI=1S/C21H24N2OS2/c1-13(2)17-6-5-7-18(14(3)4)20(17)23-19(24)10-16-12-26-21(22-16)15-8-9-25-11-15/h5-9,11-14H,10H2,1-4H3,(H,23,24). The molecule has 2 heterocycles. The molecule has 0 radical (unpaired) electrons. The zero-order chi connectivity index (χ0) is 18.7. The number of aromatic nitrogens is 1. The lowest BCUT2D eigenvalue weighted by atomic mass is 9.92. The summed E-state index contributed by atoms with van der Waals surface area (Å²) in [7, 11) is 0. The highest BCUT2D eigenvalue weighted by Gasteiger charge is 2.17. The van der Waals surface area contributed by atoms with Crippen molar-refractivity contribution in [3.05, 3.63) is 57.2 Å². The Hall–Kier alpha value is -1.98. The van der Waals surface area contributed by atoms with Gasteiger partial charge in [-0.25, -0.2) is 4.98 Å². The summed E-state index contributed by atoms with van der Waals surface area (Å²) >= 11 is 3.24. The molecule has 26 heavy (non-hydrogen) atoms. The van der Waals surface area contributed by atoms with E-state index in [1.807, 2.05) is 10.8 Å². The first kappa shape index (κ1) is 18.8. The summed E-state index contributed by atoms with van der Waals surface area (Å²) in [6, 6.07) is 8.34. The van der Waals surface area contributed by atoms with Gasteiger partial charge >= 0.3 is 0 Å². The van der Waals surface area contributed by atoms with Crippen LogP contribution in [-0.2, 0) is 11.2 Å². The van der Waals surface area contributed by atoms with E-state index in [-0.39, 0.29) is 5.91 Å². The number of hydrogen-bond donors (Lipinski definition) is 1. The molecule has 0 saturated carbocycles. The third-order valence-corrected chi connectivity index (χ3v) is 5.92. The van der Waals surface area contributed by atoms with Gasteiger partial charge in [0, 0.05) is 22.0 Å². The SMILES string of the molecule is CC(C)c1cccc(C(C)C)c1NC(=O)Cc1csc(-c2ccsc2)n1. The van der Waals surface area contributed by atoms with Crippen LogP contribution in [0.5, 0.6) is 0 Å². The van der Waals surface area contributed by atoms with Gasteiger partial charge < -0.3 is 5.32 Å². The number of carbonyl (C=O) groups excluding carboxylic acids is 1. The van der Waals surface area contributed by atoms with E-state index in [1.165, 1.54) is 11.1 Å². The fraction of sp³-hybridized carbons (Fsp3) is 0.333. The number of nitrogens with one attached hydrogen (secondary N) is 1. The van der Waals surface area contributed by atoms with E-state index >= 15 is 0 Å². The quantitative estimate of drug-likeness (QED) is 0.542. The van der Waals surface area contributed by atoms with Crippen molar-refractivity contribution in [1.82, 2.24) is 4.98 Å². The van der Waals surface area contributed by atoms with Crippen molar-refractivity contribution in [2.75, 3.05) is 5.32 Å². The molecule has 0 aliphatic heterocycles. The number of anilines is 1. The topological polar surface area (TPSA) is 42.0 Å². The van der Waals surface area contributed by atoms with Gasteiger partial charge in [-0.2, -0.15) is 11.3 Å². The van der Waals surface area contributed by atoms with E-state index in [9.17, 15) is 4.79 Å². The van der Waals surface area contributed by atoms with Crippen molar-refractivity contribution in [3.8, 4) is 10.6 Å². The highest BCUT2D eigenvalue weighted by atomic mass is 32.1. The second-order valence-corrected chi connectivity index (χ2v) is 8.64. The van der Waals surface area contributed by atoms with Crippen molar-refractivity contribution < 1.29 is 4.79 Å². The first-order chi connectivity index (χ1) is 12.5. The number of benzene rings is 1. The molecule has 0 fully saturated rings. The normalized spacial score (nSPS) is 11.3. The van der Waals surface area contributed by atoms with Crippen molar-refractivity contribution in [2.24, 2.45) is 0 Å². The molecule has 3 aromatic rings. The van der Waals surface area contributed by atoms with Crippen LogP contribution in [0.1, 0.15) is 56.4 Å². The number of carbonyl (C=O) groups is 1. The lowest BCUT2D eigenvalue weighted by Gasteiger charge is -2.20. The fourth-order valence-corrected chi connectivity index (χ4v) is 4.48. The molecule has 0 aliphatic rings. The zero-order valence-electron chi connectivity index (χ0n) is 15.6. The van der Waals surface area contributed by atoms with Gasteiger partial charge in [0.15, 0.2) is 0 Å². The van der Waals surface area contributed by atoms with Crippen LogP contribution in [0.25, 0.3) is 10.6 Å². The van der Waals surface area contributed by atoms with E-state index in [2.05, 4.69) is 67.6 Å². The summed E-state index contributed by atoms with van der Waals surface area (Å²) in [5, 5.41) is 10.2. The summed E-state index contributed by atoms with van der Waals surface area (Å²) in [5.74, 6) is 0.698. The Bertz CT molecular complexity index is 853. The average molecular weight is 385 g/mol. The minimum absolute atomic E-state index is 0.0119. The van der Waals surface area contributed by atoms with Crippen molar-refractivity contribution in [1.29, 1.82) is 0 Å². The first-order valence-corrected chi connectivity index (χ1v) is 10.7. The molecule has 3 rings (SSSR count). The Labute approximate surface area is 163 Å². The van der Waals surface area contributed by atoms with Crippen LogP contribution in [0.2, 0.25) is 0 Å². The van der Waals surface area contributed by atoms with Crippen LogP contribution in [0, 0.1) is 0 Å². The van der Waals surface area contributed by atoms with E-state index in [0.717, 1.165) is 22.0 Å². The third kappa shape index (κ3) is 4.22. The molecule has 0 saturated heterocycles. The van der Waals surface area contributed by atoms with E-state index in [1.54, 1.807) is 22.7 Å². The molecule has 1 amide bonds. The van der Waals surface area contributed by atoms with Crippen LogP contribution in [0.15, 0.2) is 40.4 Å². The number of hydrogen-bond acceptors (Lipinski definition) is 4. The largest absolute Gasteiger partial charge is 0.325 e. The Morgan fingerprint density at radius 1 is 1.08 bits per heavy atom. The maximum Gasteiger partial charge on any atom is 0.230 e. The smallest absolute Gasteiger partial charge is 0.230 e. The average Bonchev–Trinajstić information content (AvgIpc) is 3.25. The Morgan fingerprint density at radius 2 is 1.77 bits per heavy atom. The molecule has 2 aromatic heterocycles. The minimum Gasteiger partial charge on any atom is -0.325 e. The van der Waals surface area contributed by atoms with Crippen LogP contribution >= 0.6 is 22.7 Å². The summed E-state index contributed by atoms with van der Waals surface area (Å²) in [5.41, 5.74) is 5.28. The molecule has 3 nitrogen and oxygen atoms in total. The number of thiophene rings is 1. The van der Waals surface area contributed by atoms with Crippen molar-refractivity contribution in [3.63, 3.8) is 0 Å². The van der Waals surface area contributed by atoms with E-state index < -0.39 is 0 Å². The minimum atomic E-state index is -0.0119. The monoisotopic (exact) mass is 384 g/mol. The van der Waals surface area contributed by atoms with Crippen LogP contribution in [0.3, 0.4) is 0 Å². The number of para-hydroxylation sites is 1. The molecule has 0 unspecified atom stereocenters. The first-order valence-electron chi connectivity index (χ1n) is 8.85. The molecular formula is C21H24N2OS2. The Morgan fingerprint density at radius 3 is 2.35 bits per heavy atom. The summed E-state index contributed by atoms with van der Waals surface area (Å²) in [6.07, 6.45) is 0.296. The Balaban J connectivity index is 1.78. The highest BCUT2D eigenvalue weighted by Crippen LogP contribution is 2.32. The van der Waals surface area contributed by atoms with Crippen LogP contribution in [0.4, 0.5) is 5.69 Å².